The van der Waals surface area contributed by atoms with E-state index >= 15 is 0 Å². The van der Waals surface area contributed by atoms with Crippen molar-refractivity contribution in [3.05, 3.63) is 41.6 Å². The summed E-state index contributed by atoms with van der Waals surface area (Å²) in [4.78, 5) is 26.7. The lowest BCUT2D eigenvalue weighted by Crippen LogP contribution is -2.37. The van der Waals surface area contributed by atoms with Gasteiger partial charge in [-0.15, -0.1) is 0 Å². The molecule has 0 unspecified atom stereocenters. The number of carbonyl (C=O) groups is 2. The summed E-state index contributed by atoms with van der Waals surface area (Å²) >= 11 is 0. The number of ketones is 1. The van der Waals surface area contributed by atoms with Crippen LogP contribution in [0.25, 0.3) is 0 Å². The molecule has 1 aliphatic rings. The normalized spacial score (nSPS) is 17.4. The molecule has 0 radical (unpaired) electrons. The summed E-state index contributed by atoms with van der Waals surface area (Å²) in [6.07, 6.45) is 6.55. The largest absolute Gasteiger partial charge is 0.466 e. The molecule has 6 nitrogen and oxygen atoms in total. The molecule has 6 heteroatoms. The molecule has 1 aliphatic heterocycles. The molecule has 2 aromatic rings. The van der Waals surface area contributed by atoms with E-state index < -0.39 is 0 Å². The fraction of sp³-hybridized carbons (Fsp3) is 0.500. The van der Waals surface area contributed by atoms with Gasteiger partial charge >= 0.3 is 0 Å². The topological polar surface area (TPSA) is 68.3 Å². The number of hydrogen-bond acceptors (Lipinski definition) is 4. The third-order valence-electron chi connectivity index (χ3n) is 4.53. The molecular weight excluding hydrogens is 306 g/mol. The summed E-state index contributed by atoms with van der Waals surface area (Å²) in [5.41, 5.74) is 0.614. The first-order valence-electron chi connectivity index (χ1n) is 8.39. The van der Waals surface area contributed by atoms with Crippen LogP contribution >= 0.6 is 0 Å². The predicted octanol–water partition coefficient (Wildman–Crippen LogP) is 2.52. The Labute approximate surface area is 141 Å². The van der Waals surface area contributed by atoms with Gasteiger partial charge in [-0.2, -0.15) is 5.10 Å². The summed E-state index contributed by atoms with van der Waals surface area (Å²) in [6, 6.07) is 3.82. The summed E-state index contributed by atoms with van der Waals surface area (Å²) in [5.74, 6) is 1.85. The zero-order valence-corrected chi connectivity index (χ0v) is 14.2. The molecule has 0 spiro atoms. The van der Waals surface area contributed by atoms with E-state index in [1.165, 1.54) is 0 Å². The summed E-state index contributed by atoms with van der Waals surface area (Å²) < 4.78 is 7.14. The van der Waals surface area contributed by atoms with E-state index in [1.54, 1.807) is 24.1 Å². The van der Waals surface area contributed by atoms with Gasteiger partial charge in [0.25, 0.3) is 0 Å². The van der Waals surface area contributed by atoms with E-state index in [1.807, 2.05) is 24.0 Å². The molecule has 1 atom stereocenters. The molecule has 0 aliphatic carbocycles. The lowest BCUT2D eigenvalue weighted by atomic mass is 10.0. The van der Waals surface area contributed by atoms with Crippen LogP contribution in [0.3, 0.4) is 0 Å². The Morgan fingerprint density at radius 2 is 2.21 bits per heavy atom. The third-order valence-corrected chi connectivity index (χ3v) is 4.53. The molecule has 1 amide bonds. The first kappa shape index (κ1) is 16.5. The van der Waals surface area contributed by atoms with Crippen LogP contribution in [-0.4, -0.2) is 39.0 Å². The van der Waals surface area contributed by atoms with Gasteiger partial charge in [-0.05, 0) is 31.9 Å². The fourth-order valence-corrected chi connectivity index (χ4v) is 3.27. The van der Waals surface area contributed by atoms with Crippen LogP contribution in [0.2, 0.25) is 0 Å². The molecule has 1 fully saturated rings. The minimum absolute atomic E-state index is 0.00328. The van der Waals surface area contributed by atoms with E-state index in [9.17, 15) is 9.59 Å². The minimum atomic E-state index is 0.00328. The molecule has 3 heterocycles. The van der Waals surface area contributed by atoms with Crippen LogP contribution in [0.5, 0.6) is 0 Å². The van der Waals surface area contributed by atoms with Gasteiger partial charge in [-0.1, -0.05) is 0 Å². The zero-order valence-electron chi connectivity index (χ0n) is 14.2. The van der Waals surface area contributed by atoms with Crippen LogP contribution < -0.4 is 0 Å². The van der Waals surface area contributed by atoms with Crippen LogP contribution in [-0.2, 0) is 18.3 Å². The Hall–Kier alpha value is -2.37. The van der Waals surface area contributed by atoms with Gasteiger partial charge in [-0.25, -0.2) is 0 Å². The van der Waals surface area contributed by atoms with Gasteiger partial charge < -0.3 is 9.32 Å². The van der Waals surface area contributed by atoms with Crippen molar-refractivity contribution in [2.45, 2.75) is 45.1 Å². The highest BCUT2D eigenvalue weighted by molar-refractivity contribution is 5.96. The number of aromatic nitrogens is 2. The summed E-state index contributed by atoms with van der Waals surface area (Å²) in [7, 11) is 1.79. The van der Waals surface area contributed by atoms with Crippen molar-refractivity contribution in [3.8, 4) is 0 Å². The smallest absolute Gasteiger partial charge is 0.223 e. The van der Waals surface area contributed by atoms with Crippen molar-refractivity contribution in [3.63, 3.8) is 0 Å². The molecule has 0 bridgehead atoms. The van der Waals surface area contributed by atoms with Crippen LogP contribution in [0, 0.1) is 6.92 Å². The maximum atomic E-state index is 12.5. The van der Waals surface area contributed by atoms with Crippen molar-refractivity contribution < 1.29 is 14.0 Å². The summed E-state index contributed by atoms with van der Waals surface area (Å²) in [5, 5.41) is 4.04. The second kappa shape index (κ2) is 7.03. The maximum absolute atomic E-state index is 12.5. The average Bonchev–Trinajstić information content (AvgIpc) is 3.26. The van der Waals surface area contributed by atoms with Crippen LogP contribution in [0.15, 0.2) is 28.9 Å². The van der Waals surface area contributed by atoms with E-state index in [0.29, 0.717) is 24.8 Å². The highest BCUT2D eigenvalue weighted by atomic mass is 16.3. The minimum Gasteiger partial charge on any atom is -0.466 e. The Bertz CT molecular complexity index is 731. The second-order valence-electron chi connectivity index (χ2n) is 6.43. The van der Waals surface area contributed by atoms with Crippen molar-refractivity contribution in [1.82, 2.24) is 14.7 Å². The number of rotatable bonds is 6. The molecule has 24 heavy (non-hydrogen) atoms. The zero-order chi connectivity index (χ0) is 17.1. The van der Waals surface area contributed by atoms with Gasteiger partial charge in [0.2, 0.25) is 5.91 Å². The average molecular weight is 329 g/mol. The van der Waals surface area contributed by atoms with Crippen molar-refractivity contribution >= 4 is 11.7 Å². The number of likely N-dealkylation sites (tertiary alicyclic amines) is 1. The number of amides is 1. The monoisotopic (exact) mass is 329 g/mol. The number of furan rings is 1. The SMILES string of the molecule is Cc1ccc(CCC(=O)N2CCC[C@H]2CC(=O)c2cnn(C)c2)o1. The molecule has 2 aromatic heterocycles. The highest BCUT2D eigenvalue weighted by Crippen LogP contribution is 2.23. The lowest BCUT2D eigenvalue weighted by Gasteiger charge is -2.24. The molecular formula is C18H23N3O3. The number of nitrogens with zero attached hydrogens (tertiary/aromatic N) is 3. The van der Waals surface area contributed by atoms with Gasteiger partial charge in [0, 0.05) is 45.1 Å². The second-order valence-corrected chi connectivity index (χ2v) is 6.43. The number of aryl methyl sites for hydroxylation is 3. The Morgan fingerprint density at radius 3 is 2.88 bits per heavy atom. The number of hydrogen-bond donors (Lipinski definition) is 0. The highest BCUT2D eigenvalue weighted by Gasteiger charge is 2.30. The lowest BCUT2D eigenvalue weighted by molar-refractivity contribution is -0.131. The predicted molar refractivity (Wildman–Crippen MR) is 88.7 cm³/mol. The number of Topliss-reactive ketones (excluding diaryl/α,β-unsaturated/α-hetero) is 1. The van der Waals surface area contributed by atoms with E-state index in [-0.39, 0.29) is 17.7 Å². The molecule has 0 aromatic carbocycles. The first-order chi connectivity index (χ1) is 11.5. The van der Waals surface area contributed by atoms with Crippen molar-refractivity contribution in [1.29, 1.82) is 0 Å². The first-order valence-corrected chi connectivity index (χ1v) is 8.39. The quantitative estimate of drug-likeness (QED) is 0.764. The standard InChI is InChI=1S/C18H23N3O3/c1-13-5-6-16(24-13)7-8-18(23)21-9-3-4-15(21)10-17(22)14-11-19-20(2)12-14/h5-6,11-12,15H,3-4,7-10H2,1-2H3/t15-/m0/s1. The Morgan fingerprint density at radius 1 is 1.38 bits per heavy atom. The van der Waals surface area contributed by atoms with Gasteiger partial charge in [0.15, 0.2) is 5.78 Å². The van der Waals surface area contributed by atoms with Crippen molar-refractivity contribution in [2.24, 2.45) is 7.05 Å². The number of carbonyl (C=O) groups excluding carboxylic acids is 2. The van der Waals surface area contributed by atoms with E-state index in [2.05, 4.69) is 5.10 Å². The molecule has 128 valence electrons. The van der Waals surface area contributed by atoms with Gasteiger partial charge in [0.1, 0.15) is 11.5 Å². The van der Waals surface area contributed by atoms with Gasteiger partial charge in [0.05, 0.1) is 11.8 Å². The van der Waals surface area contributed by atoms with Crippen molar-refractivity contribution in [2.75, 3.05) is 6.54 Å². The van der Waals surface area contributed by atoms with Gasteiger partial charge in [-0.3, -0.25) is 14.3 Å². The van der Waals surface area contributed by atoms with E-state index in [0.717, 1.165) is 30.9 Å². The third kappa shape index (κ3) is 3.75. The van der Waals surface area contributed by atoms with Crippen LogP contribution in [0.4, 0.5) is 0 Å². The Kier molecular flexibility index (Phi) is 4.83. The molecule has 3 rings (SSSR count). The maximum Gasteiger partial charge on any atom is 0.223 e. The molecule has 1 saturated heterocycles. The molecule has 0 N–H and O–H groups in total. The van der Waals surface area contributed by atoms with Crippen LogP contribution in [0.1, 0.15) is 47.6 Å². The fourth-order valence-electron chi connectivity index (χ4n) is 3.27. The molecule has 0 saturated carbocycles. The summed E-state index contributed by atoms with van der Waals surface area (Å²) in [6.45, 7) is 2.63. The van der Waals surface area contributed by atoms with E-state index in [4.69, 9.17) is 4.42 Å². The Balaban J connectivity index is 1.56.